The zero-order valence-corrected chi connectivity index (χ0v) is 16.5. The third kappa shape index (κ3) is 4.98. The molecule has 3 aromatic rings. The molecule has 6 heteroatoms. The molecule has 1 heterocycles. The van der Waals surface area contributed by atoms with Gasteiger partial charge in [0, 0.05) is 10.5 Å². The Balaban J connectivity index is 1.66. The molecule has 5 nitrogen and oxygen atoms in total. The zero-order valence-electron chi connectivity index (χ0n) is 15.7. The number of thioether (sulfide) groups is 1. The maximum Gasteiger partial charge on any atom is 0.249 e. The summed E-state index contributed by atoms with van der Waals surface area (Å²) in [6, 6.07) is 17.4. The second kappa shape index (κ2) is 8.86. The first-order valence-electron chi connectivity index (χ1n) is 8.91. The van der Waals surface area contributed by atoms with Crippen LogP contribution in [-0.2, 0) is 4.79 Å². The number of hydrogen-bond acceptors (Lipinski definition) is 5. The molecule has 1 amide bonds. The Morgan fingerprint density at radius 1 is 1.11 bits per heavy atom. The lowest BCUT2D eigenvalue weighted by atomic mass is 10.0. The van der Waals surface area contributed by atoms with Crippen LogP contribution in [0.2, 0.25) is 0 Å². The average molecular weight is 382 g/mol. The predicted octanol–water partition coefficient (Wildman–Crippen LogP) is 4.65. The highest BCUT2D eigenvalue weighted by molar-refractivity contribution is 8.00. The van der Waals surface area contributed by atoms with E-state index in [1.165, 1.54) is 17.3 Å². The van der Waals surface area contributed by atoms with Crippen LogP contribution in [0.3, 0.4) is 0 Å². The van der Waals surface area contributed by atoms with Crippen LogP contribution in [0.25, 0.3) is 11.4 Å². The standard InChI is InChI=1S/C21H23N3O2S/c1-14(2)19(21-23-20(24-26-21)16-10-5-4-6-11-16)22-18(25)13-27-17-12-8-7-9-15(17)3/h4-12,14,19H,13H2,1-3H3,(H,22,25). The summed E-state index contributed by atoms with van der Waals surface area (Å²) >= 11 is 1.53. The summed E-state index contributed by atoms with van der Waals surface area (Å²) in [5, 5.41) is 7.09. The van der Waals surface area contributed by atoms with Crippen LogP contribution in [0.1, 0.15) is 31.3 Å². The Morgan fingerprint density at radius 3 is 2.52 bits per heavy atom. The minimum Gasteiger partial charge on any atom is -0.343 e. The summed E-state index contributed by atoms with van der Waals surface area (Å²) in [5.41, 5.74) is 2.05. The summed E-state index contributed by atoms with van der Waals surface area (Å²) in [4.78, 5) is 18.1. The maximum absolute atomic E-state index is 12.5. The molecular formula is C21H23N3O2S. The summed E-state index contributed by atoms with van der Waals surface area (Å²) in [5.74, 6) is 1.37. The van der Waals surface area contributed by atoms with Crippen LogP contribution in [0.4, 0.5) is 0 Å². The van der Waals surface area contributed by atoms with Gasteiger partial charge in [-0.05, 0) is 24.5 Å². The lowest BCUT2D eigenvalue weighted by molar-refractivity contribution is -0.119. The van der Waals surface area contributed by atoms with E-state index in [0.717, 1.165) is 10.5 Å². The van der Waals surface area contributed by atoms with Crippen molar-refractivity contribution in [2.45, 2.75) is 31.7 Å². The fourth-order valence-corrected chi connectivity index (χ4v) is 3.50. The van der Waals surface area contributed by atoms with E-state index in [1.807, 2.05) is 75.4 Å². The van der Waals surface area contributed by atoms with Crippen molar-refractivity contribution in [2.75, 3.05) is 5.75 Å². The number of aryl methyl sites for hydroxylation is 1. The lowest BCUT2D eigenvalue weighted by Gasteiger charge is -2.18. The van der Waals surface area contributed by atoms with Crippen molar-refractivity contribution in [1.82, 2.24) is 15.5 Å². The molecule has 0 radical (unpaired) electrons. The molecular weight excluding hydrogens is 358 g/mol. The van der Waals surface area contributed by atoms with E-state index >= 15 is 0 Å². The number of nitrogens with one attached hydrogen (secondary N) is 1. The summed E-state index contributed by atoms with van der Waals surface area (Å²) < 4.78 is 5.44. The van der Waals surface area contributed by atoms with Crippen molar-refractivity contribution in [2.24, 2.45) is 5.92 Å². The van der Waals surface area contributed by atoms with Gasteiger partial charge < -0.3 is 9.84 Å². The minimum absolute atomic E-state index is 0.0542. The third-order valence-corrected chi connectivity index (χ3v) is 5.35. The molecule has 27 heavy (non-hydrogen) atoms. The topological polar surface area (TPSA) is 68.0 Å². The SMILES string of the molecule is Cc1ccccc1SCC(=O)NC(c1nc(-c2ccccc2)no1)C(C)C. The van der Waals surface area contributed by atoms with Crippen LogP contribution in [0.15, 0.2) is 64.0 Å². The largest absolute Gasteiger partial charge is 0.343 e. The van der Waals surface area contributed by atoms with Gasteiger partial charge in [-0.2, -0.15) is 4.98 Å². The van der Waals surface area contributed by atoms with Crippen molar-refractivity contribution in [3.8, 4) is 11.4 Å². The van der Waals surface area contributed by atoms with Gasteiger partial charge in [0.15, 0.2) is 0 Å². The van der Waals surface area contributed by atoms with Gasteiger partial charge in [0.05, 0.1) is 5.75 Å². The highest BCUT2D eigenvalue weighted by Gasteiger charge is 2.25. The van der Waals surface area contributed by atoms with Crippen LogP contribution in [0, 0.1) is 12.8 Å². The number of rotatable bonds is 7. The quantitative estimate of drug-likeness (QED) is 0.603. The first-order chi connectivity index (χ1) is 13.0. The molecule has 0 fully saturated rings. The van der Waals surface area contributed by atoms with E-state index in [-0.39, 0.29) is 17.9 Å². The normalized spacial score (nSPS) is 12.1. The minimum atomic E-state index is -0.320. The second-order valence-electron chi connectivity index (χ2n) is 6.67. The van der Waals surface area contributed by atoms with E-state index in [1.54, 1.807) is 0 Å². The monoisotopic (exact) mass is 381 g/mol. The van der Waals surface area contributed by atoms with Crippen molar-refractivity contribution in [3.05, 3.63) is 66.1 Å². The molecule has 1 unspecified atom stereocenters. The summed E-state index contributed by atoms with van der Waals surface area (Å²) in [6.07, 6.45) is 0. The first-order valence-corrected chi connectivity index (χ1v) is 9.90. The number of carbonyl (C=O) groups is 1. The zero-order chi connectivity index (χ0) is 19.2. The smallest absolute Gasteiger partial charge is 0.249 e. The molecule has 0 saturated heterocycles. The van der Waals surface area contributed by atoms with Crippen LogP contribution >= 0.6 is 11.8 Å². The number of carbonyl (C=O) groups excluding carboxylic acids is 1. The fourth-order valence-electron chi connectivity index (χ4n) is 2.66. The van der Waals surface area contributed by atoms with E-state index in [2.05, 4.69) is 15.5 Å². The van der Waals surface area contributed by atoms with Gasteiger partial charge in [0.2, 0.25) is 17.6 Å². The Hall–Kier alpha value is -2.60. The molecule has 0 aliphatic heterocycles. The van der Waals surface area contributed by atoms with Gasteiger partial charge in [0.25, 0.3) is 0 Å². The van der Waals surface area contributed by atoms with Crippen molar-refractivity contribution < 1.29 is 9.32 Å². The Bertz CT molecular complexity index is 893. The first kappa shape index (κ1) is 19.2. The highest BCUT2D eigenvalue weighted by atomic mass is 32.2. The van der Waals surface area contributed by atoms with Gasteiger partial charge in [-0.25, -0.2) is 0 Å². The van der Waals surface area contributed by atoms with Gasteiger partial charge in [-0.3, -0.25) is 4.79 Å². The molecule has 1 atom stereocenters. The van der Waals surface area contributed by atoms with Crippen LogP contribution in [-0.4, -0.2) is 21.8 Å². The Labute approximate surface area is 163 Å². The van der Waals surface area contributed by atoms with E-state index in [4.69, 9.17) is 4.52 Å². The molecule has 0 aliphatic rings. The number of benzene rings is 2. The predicted molar refractivity (Wildman–Crippen MR) is 107 cm³/mol. The summed E-state index contributed by atoms with van der Waals surface area (Å²) in [6.45, 7) is 6.08. The third-order valence-electron chi connectivity index (χ3n) is 4.18. The molecule has 0 aliphatic carbocycles. The lowest BCUT2D eigenvalue weighted by Crippen LogP contribution is -2.33. The average Bonchev–Trinajstić information content (AvgIpc) is 3.16. The van der Waals surface area contributed by atoms with Gasteiger partial charge >= 0.3 is 0 Å². The molecule has 1 N–H and O–H groups in total. The van der Waals surface area contributed by atoms with Crippen LogP contribution < -0.4 is 5.32 Å². The van der Waals surface area contributed by atoms with Crippen molar-refractivity contribution in [3.63, 3.8) is 0 Å². The molecule has 0 spiro atoms. The van der Waals surface area contributed by atoms with Crippen LogP contribution in [0.5, 0.6) is 0 Å². The number of hydrogen-bond donors (Lipinski definition) is 1. The molecule has 1 aromatic heterocycles. The van der Waals surface area contributed by atoms with Gasteiger partial charge in [0.1, 0.15) is 6.04 Å². The number of amides is 1. The molecule has 0 saturated carbocycles. The number of aromatic nitrogens is 2. The highest BCUT2D eigenvalue weighted by Crippen LogP contribution is 2.25. The number of nitrogens with zero attached hydrogens (tertiary/aromatic N) is 2. The van der Waals surface area contributed by atoms with Crippen molar-refractivity contribution in [1.29, 1.82) is 0 Å². The van der Waals surface area contributed by atoms with Crippen molar-refractivity contribution >= 4 is 17.7 Å². The molecule has 0 bridgehead atoms. The molecule has 3 rings (SSSR count). The second-order valence-corrected chi connectivity index (χ2v) is 7.68. The Kier molecular flexibility index (Phi) is 6.29. The molecule has 140 valence electrons. The molecule has 2 aromatic carbocycles. The summed E-state index contributed by atoms with van der Waals surface area (Å²) in [7, 11) is 0. The van der Waals surface area contributed by atoms with Gasteiger partial charge in [-0.1, -0.05) is 67.5 Å². The van der Waals surface area contributed by atoms with E-state index in [9.17, 15) is 4.79 Å². The van der Waals surface area contributed by atoms with E-state index < -0.39 is 0 Å². The Morgan fingerprint density at radius 2 is 1.81 bits per heavy atom. The fraction of sp³-hybridized carbons (Fsp3) is 0.286. The maximum atomic E-state index is 12.5. The van der Waals surface area contributed by atoms with E-state index in [0.29, 0.717) is 17.5 Å². The van der Waals surface area contributed by atoms with Gasteiger partial charge in [-0.15, -0.1) is 11.8 Å².